The highest BCUT2D eigenvalue weighted by Crippen LogP contribution is 2.37. The molecular formula is C18H13N3O5. The van der Waals surface area contributed by atoms with Gasteiger partial charge in [-0.15, -0.1) is 0 Å². The predicted molar refractivity (Wildman–Crippen MR) is 90.2 cm³/mol. The third kappa shape index (κ3) is 2.26. The molecule has 3 aromatic rings. The molecule has 3 heterocycles. The molecule has 0 fully saturated rings. The molecule has 0 bridgehead atoms. The Morgan fingerprint density at radius 2 is 1.77 bits per heavy atom. The van der Waals surface area contributed by atoms with Crippen molar-refractivity contribution in [2.45, 2.75) is 0 Å². The van der Waals surface area contributed by atoms with Gasteiger partial charge in [-0.3, -0.25) is 4.79 Å². The fourth-order valence-electron chi connectivity index (χ4n) is 2.90. The average molecular weight is 351 g/mol. The van der Waals surface area contributed by atoms with Crippen LogP contribution in [0.4, 0.5) is 5.69 Å². The molecule has 8 nitrogen and oxygen atoms in total. The van der Waals surface area contributed by atoms with E-state index in [1.807, 2.05) is 24.3 Å². The van der Waals surface area contributed by atoms with Gasteiger partial charge in [-0.1, -0.05) is 5.16 Å². The van der Waals surface area contributed by atoms with Crippen LogP contribution in [0.5, 0.6) is 17.2 Å². The van der Waals surface area contributed by atoms with Gasteiger partial charge >= 0.3 is 0 Å². The van der Waals surface area contributed by atoms with Gasteiger partial charge in [0.05, 0.1) is 5.69 Å². The lowest BCUT2D eigenvalue weighted by Gasteiger charge is -2.25. The van der Waals surface area contributed by atoms with Crippen molar-refractivity contribution in [2.24, 2.45) is 0 Å². The maximum atomic E-state index is 11.8. The number of likely N-dealkylation sites (N-methyl/N-ethyl adjacent to an activating group) is 1. The molecule has 2 aromatic carbocycles. The van der Waals surface area contributed by atoms with E-state index < -0.39 is 0 Å². The zero-order valence-electron chi connectivity index (χ0n) is 13.8. The minimum atomic E-state index is -0.110. The average Bonchev–Trinajstić information content (AvgIpc) is 3.33. The number of aromatic nitrogens is 2. The van der Waals surface area contributed by atoms with Gasteiger partial charge in [0.2, 0.25) is 12.6 Å². The van der Waals surface area contributed by atoms with Crippen molar-refractivity contribution in [3.63, 3.8) is 0 Å². The lowest BCUT2D eigenvalue weighted by atomic mass is 10.1. The van der Waals surface area contributed by atoms with E-state index in [-0.39, 0.29) is 19.3 Å². The first-order valence-corrected chi connectivity index (χ1v) is 7.96. The molecule has 130 valence electrons. The Morgan fingerprint density at radius 1 is 0.962 bits per heavy atom. The van der Waals surface area contributed by atoms with Crippen molar-refractivity contribution in [2.75, 3.05) is 25.3 Å². The van der Waals surface area contributed by atoms with Crippen LogP contribution in [0.15, 0.2) is 40.9 Å². The lowest BCUT2D eigenvalue weighted by molar-refractivity contribution is -0.120. The molecule has 2 aliphatic heterocycles. The molecule has 1 aromatic heterocycles. The van der Waals surface area contributed by atoms with Gasteiger partial charge in [-0.2, -0.15) is 4.98 Å². The number of fused-ring (bicyclic) bond motifs is 2. The summed E-state index contributed by atoms with van der Waals surface area (Å²) >= 11 is 0. The number of carbonyl (C=O) groups is 1. The minimum Gasteiger partial charge on any atom is -0.482 e. The molecule has 1 amide bonds. The summed E-state index contributed by atoms with van der Waals surface area (Å²) in [6.45, 7) is 0.247. The van der Waals surface area contributed by atoms with Gasteiger partial charge < -0.3 is 23.6 Å². The van der Waals surface area contributed by atoms with E-state index in [2.05, 4.69) is 10.1 Å². The summed E-state index contributed by atoms with van der Waals surface area (Å²) in [6.07, 6.45) is 0. The van der Waals surface area contributed by atoms with Crippen molar-refractivity contribution in [1.82, 2.24) is 10.1 Å². The molecule has 5 rings (SSSR count). The third-order valence-corrected chi connectivity index (χ3v) is 4.35. The Kier molecular flexibility index (Phi) is 3.11. The van der Waals surface area contributed by atoms with Crippen LogP contribution in [-0.2, 0) is 4.79 Å². The van der Waals surface area contributed by atoms with Crippen molar-refractivity contribution in [1.29, 1.82) is 0 Å². The number of ether oxygens (including phenoxy) is 3. The van der Waals surface area contributed by atoms with Crippen molar-refractivity contribution >= 4 is 11.6 Å². The van der Waals surface area contributed by atoms with Crippen molar-refractivity contribution in [3.8, 4) is 40.1 Å². The highest BCUT2D eigenvalue weighted by molar-refractivity contribution is 5.98. The Bertz CT molecular complexity index is 1030. The molecule has 0 unspecified atom stereocenters. The summed E-state index contributed by atoms with van der Waals surface area (Å²) in [5.41, 5.74) is 2.13. The highest BCUT2D eigenvalue weighted by Gasteiger charge is 2.24. The van der Waals surface area contributed by atoms with E-state index in [1.165, 1.54) is 0 Å². The first kappa shape index (κ1) is 14.8. The quantitative estimate of drug-likeness (QED) is 0.701. The number of anilines is 1. The van der Waals surface area contributed by atoms with Crippen LogP contribution < -0.4 is 19.1 Å². The normalized spacial score (nSPS) is 15.0. The zero-order chi connectivity index (χ0) is 17.7. The van der Waals surface area contributed by atoms with E-state index in [1.54, 1.807) is 24.1 Å². The molecular weight excluding hydrogens is 338 g/mol. The number of carbonyl (C=O) groups excluding carboxylic acids is 1. The minimum absolute atomic E-state index is 0.0394. The summed E-state index contributed by atoms with van der Waals surface area (Å²) in [5.74, 6) is 2.68. The van der Waals surface area contributed by atoms with Gasteiger partial charge in [0, 0.05) is 18.2 Å². The van der Waals surface area contributed by atoms with Gasteiger partial charge in [0.15, 0.2) is 18.1 Å². The number of hydrogen-bond donors (Lipinski definition) is 0. The van der Waals surface area contributed by atoms with Crippen molar-refractivity contribution < 1.29 is 23.5 Å². The van der Waals surface area contributed by atoms with Crippen LogP contribution >= 0.6 is 0 Å². The van der Waals surface area contributed by atoms with Gasteiger partial charge in [0.25, 0.3) is 11.8 Å². The highest BCUT2D eigenvalue weighted by atomic mass is 16.7. The fourth-order valence-corrected chi connectivity index (χ4v) is 2.90. The molecule has 8 heteroatoms. The van der Waals surface area contributed by atoms with Gasteiger partial charge in [-0.05, 0) is 36.4 Å². The smallest absolute Gasteiger partial charge is 0.264 e. The van der Waals surface area contributed by atoms with Crippen LogP contribution in [0.2, 0.25) is 0 Å². The zero-order valence-corrected chi connectivity index (χ0v) is 13.8. The predicted octanol–water partition coefficient (Wildman–Crippen LogP) is 2.49. The Morgan fingerprint density at radius 3 is 2.69 bits per heavy atom. The maximum absolute atomic E-state index is 11.8. The Balaban J connectivity index is 1.50. The van der Waals surface area contributed by atoms with Gasteiger partial charge in [-0.25, -0.2) is 0 Å². The number of benzene rings is 2. The third-order valence-electron chi connectivity index (χ3n) is 4.35. The summed E-state index contributed by atoms with van der Waals surface area (Å²) < 4.78 is 21.5. The van der Waals surface area contributed by atoms with Crippen LogP contribution in [0, 0.1) is 0 Å². The van der Waals surface area contributed by atoms with E-state index in [4.69, 9.17) is 18.7 Å². The second kappa shape index (κ2) is 5.48. The fraction of sp³-hybridized carbons (Fsp3) is 0.167. The van der Waals surface area contributed by atoms with E-state index in [9.17, 15) is 4.79 Å². The molecule has 0 aliphatic carbocycles. The molecule has 0 spiro atoms. The number of amides is 1. The molecule has 0 radical (unpaired) electrons. The topological polar surface area (TPSA) is 86.9 Å². The molecule has 0 saturated carbocycles. The Labute approximate surface area is 147 Å². The maximum Gasteiger partial charge on any atom is 0.264 e. The van der Waals surface area contributed by atoms with Crippen LogP contribution in [-0.4, -0.2) is 36.5 Å². The number of hydrogen-bond acceptors (Lipinski definition) is 7. The lowest BCUT2D eigenvalue weighted by Crippen LogP contribution is -2.35. The Hall–Kier alpha value is -3.55. The molecule has 2 aliphatic rings. The summed E-state index contributed by atoms with van der Waals surface area (Å²) in [7, 11) is 1.71. The molecule has 26 heavy (non-hydrogen) atoms. The second-order valence-electron chi connectivity index (χ2n) is 5.92. The van der Waals surface area contributed by atoms with Gasteiger partial charge in [0.1, 0.15) is 5.75 Å². The summed E-state index contributed by atoms with van der Waals surface area (Å²) in [4.78, 5) is 17.8. The number of nitrogens with zero attached hydrogens (tertiary/aromatic N) is 3. The second-order valence-corrected chi connectivity index (χ2v) is 5.92. The van der Waals surface area contributed by atoms with E-state index >= 15 is 0 Å². The van der Waals surface area contributed by atoms with E-state index in [0.717, 1.165) is 5.56 Å². The first-order valence-electron chi connectivity index (χ1n) is 7.96. The molecule has 0 atom stereocenters. The number of rotatable bonds is 2. The van der Waals surface area contributed by atoms with Crippen molar-refractivity contribution in [3.05, 3.63) is 36.4 Å². The van der Waals surface area contributed by atoms with E-state index in [0.29, 0.717) is 40.2 Å². The van der Waals surface area contributed by atoms with Crippen LogP contribution in [0.3, 0.4) is 0 Å². The van der Waals surface area contributed by atoms with Crippen LogP contribution in [0.25, 0.3) is 22.8 Å². The van der Waals surface area contributed by atoms with Crippen LogP contribution in [0.1, 0.15) is 0 Å². The largest absolute Gasteiger partial charge is 0.482 e. The molecule has 0 saturated heterocycles. The molecule has 0 N–H and O–H groups in total. The first-order chi connectivity index (χ1) is 12.7. The summed E-state index contributed by atoms with van der Waals surface area (Å²) in [5, 5.41) is 4.04. The summed E-state index contributed by atoms with van der Waals surface area (Å²) in [6, 6.07) is 10.9. The monoisotopic (exact) mass is 351 g/mol. The SMILES string of the molecule is CN1C(=O)COc2ccc(-c3nc(-c4ccc5c(c4)OCO5)no3)cc21. The standard InChI is InChI=1S/C18H13N3O5/c1-21-12-6-11(3-4-13(12)23-8-16(21)22)18-19-17(20-26-18)10-2-5-14-15(7-10)25-9-24-14/h2-7H,8-9H2,1H3.